The van der Waals surface area contributed by atoms with Crippen LogP contribution in [0.15, 0.2) is 0 Å². The monoisotopic (exact) mass is 199 g/mol. The molecule has 0 aromatic rings. The van der Waals surface area contributed by atoms with Crippen LogP contribution in [-0.4, -0.2) is 49.0 Å². The van der Waals surface area contributed by atoms with E-state index in [9.17, 15) is 5.11 Å². The predicted molar refractivity (Wildman–Crippen MR) is 55.2 cm³/mol. The SMILES string of the molecule is CC1CCN(CC2CCOC2)CC1O. The summed E-state index contributed by atoms with van der Waals surface area (Å²) >= 11 is 0. The summed E-state index contributed by atoms with van der Waals surface area (Å²) in [6.45, 7) is 7.11. The highest BCUT2D eigenvalue weighted by molar-refractivity contribution is 4.79. The molecule has 2 aliphatic heterocycles. The lowest BCUT2D eigenvalue weighted by Crippen LogP contribution is -2.44. The number of aliphatic hydroxyl groups is 1. The smallest absolute Gasteiger partial charge is 0.0693 e. The molecule has 0 amide bonds. The van der Waals surface area contributed by atoms with Crippen LogP contribution in [0.5, 0.6) is 0 Å². The molecule has 3 atom stereocenters. The van der Waals surface area contributed by atoms with Crippen LogP contribution in [0.25, 0.3) is 0 Å². The van der Waals surface area contributed by atoms with Crippen molar-refractivity contribution in [2.24, 2.45) is 11.8 Å². The van der Waals surface area contributed by atoms with Crippen molar-refractivity contribution in [3.8, 4) is 0 Å². The average Bonchev–Trinajstić information content (AvgIpc) is 2.64. The Morgan fingerprint density at radius 2 is 2.29 bits per heavy atom. The number of hydrogen-bond donors (Lipinski definition) is 1. The zero-order valence-electron chi connectivity index (χ0n) is 8.98. The van der Waals surface area contributed by atoms with Crippen molar-refractivity contribution in [2.45, 2.75) is 25.9 Å². The number of hydrogen-bond acceptors (Lipinski definition) is 3. The first-order chi connectivity index (χ1) is 6.75. The molecule has 3 unspecified atom stereocenters. The van der Waals surface area contributed by atoms with E-state index in [2.05, 4.69) is 11.8 Å². The number of rotatable bonds is 2. The molecule has 2 rings (SSSR count). The summed E-state index contributed by atoms with van der Waals surface area (Å²) in [6, 6.07) is 0. The lowest BCUT2D eigenvalue weighted by atomic mass is 9.95. The van der Waals surface area contributed by atoms with E-state index in [4.69, 9.17) is 4.74 Å². The van der Waals surface area contributed by atoms with E-state index in [0.29, 0.717) is 11.8 Å². The first kappa shape index (κ1) is 10.4. The minimum absolute atomic E-state index is 0.119. The van der Waals surface area contributed by atoms with Crippen molar-refractivity contribution in [3.63, 3.8) is 0 Å². The summed E-state index contributed by atoms with van der Waals surface area (Å²) < 4.78 is 5.36. The van der Waals surface area contributed by atoms with Crippen molar-refractivity contribution in [3.05, 3.63) is 0 Å². The van der Waals surface area contributed by atoms with Gasteiger partial charge in [-0.05, 0) is 31.2 Å². The molecule has 2 fully saturated rings. The van der Waals surface area contributed by atoms with Crippen molar-refractivity contribution >= 4 is 0 Å². The van der Waals surface area contributed by atoms with Crippen LogP contribution in [0.4, 0.5) is 0 Å². The van der Waals surface area contributed by atoms with Gasteiger partial charge < -0.3 is 14.7 Å². The minimum Gasteiger partial charge on any atom is -0.392 e. The first-order valence-corrected chi connectivity index (χ1v) is 5.74. The summed E-state index contributed by atoms with van der Waals surface area (Å²) in [5, 5.41) is 9.75. The van der Waals surface area contributed by atoms with Gasteiger partial charge in [0.15, 0.2) is 0 Å². The Labute approximate surface area is 86.0 Å². The zero-order chi connectivity index (χ0) is 9.97. The molecule has 0 aromatic heterocycles. The number of piperidine rings is 1. The first-order valence-electron chi connectivity index (χ1n) is 5.74. The highest BCUT2D eigenvalue weighted by atomic mass is 16.5. The van der Waals surface area contributed by atoms with E-state index in [0.717, 1.165) is 39.3 Å². The van der Waals surface area contributed by atoms with Gasteiger partial charge in [0.2, 0.25) is 0 Å². The fourth-order valence-electron chi connectivity index (χ4n) is 2.37. The Morgan fingerprint density at radius 3 is 2.93 bits per heavy atom. The van der Waals surface area contributed by atoms with Gasteiger partial charge in [-0.3, -0.25) is 0 Å². The van der Waals surface area contributed by atoms with E-state index < -0.39 is 0 Å². The summed E-state index contributed by atoms with van der Waals surface area (Å²) in [6.07, 6.45) is 2.21. The molecule has 14 heavy (non-hydrogen) atoms. The van der Waals surface area contributed by atoms with Crippen molar-refractivity contribution in [1.82, 2.24) is 4.90 Å². The second-order valence-corrected chi connectivity index (χ2v) is 4.82. The number of likely N-dealkylation sites (tertiary alicyclic amines) is 1. The lowest BCUT2D eigenvalue weighted by molar-refractivity contribution is 0.0220. The lowest BCUT2D eigenvalue weighted by Gasteiger charge is -2.35. The van der Waals surface area contributed by atoms with Crippen molar-refractivity contribution in [1.29, 1.82) is 0 Å². The Balaban J connectivity index is 1.75. The van der Waals surface area contributed by atoms with E-state index in [1.807, 2.05) is 0 Å². The Hall–Kier alpha value is -0.120. The molecule has 3 heteroatoms. The summed E-state index contributed by atoms with van der Waals surface area (Å²) in [5.41, 5.74) is 0. The normalized spacial score (nSPS) is 40.3. The third-order valence-corrected chi connectivity index (χ3v) is 3.54. The molecule has 1 N–H and O–H groups in total. The molecule has 2 aliphatic rings. The van der Waals surface area contributed by atoms with Gasteiger partial charge in [0.1, 0.15) is 0 Å². The minimum atomic E-state index is -0.119. The molecule has 0 aliphatic carbocycles. The van der Waals surface area contributed by atoms with Crippen LogP contribution in [0, 0.1) is 11.8 Å². The topological polar surface area (TPSA) is 32.7 Å². The van der Waals surface area contributed by atoms with Gasteiger partial charge in [0.05, 0.1) is 12.7 Å². The fraction of sp³-hybridized carbons (Fsp3) is 1.00. The number of aliphatic hydroxyl groups excluding tert-OH is 1. The maximum absolute atomic E-state index is 9.75. The van der Waals surface area contributed by atoms with E-state index >= 15 is 0 Å². The quantitative estimate of drug-likeness (QED) is 0.711. The van der Waals surface area contributed by atoms with Crippen LogP contribution in [0.2, 0.25) is 0 Å². The Kier molecular flexibility index (Phi) is 3.42. The second-order valence-electron chi connectivity index (χ2n) is 4.82. The number of ether oxygens (including phenoxy) is 1. The Bertz CT molecular complexity index is 180. The molecule has 0 spiro atoms. The van der Waals surface area contributed by atoms with Gasteiger partial charge in [-0.25, -0.2) is 0 Å². The van der Waals surface area contributed by atoms with Crippen molar-refractivity contribution < 1.29 is 9.84 Å². The Morgan fingerprint density at radius 1 is 1.43 bits per heavy atom. The zero-order valence-corrected chi connectivity index (χ0v) is 8.98. The van der Waals surface area contributed by atoms with E-state index in [1.165, 1.54) is 6.42 Å². The molecule has 2 saturated heterocycles. The van der Waals surface area contributed by atoms with Gasteiger partial charge >= 0.3 is 0 Å². The summed E-state index contributed by atoms with van der Waals surface area (Å²) in [5.74, 6) is 1.18. The highest BCUT2D eigenvalue weighted by Gasteiger charge is 2.26. The second kappa shape index (κ2) is 4.60. The molecule has 0 saturated carbocycles. The molecular weight excluding hydrogens is 178 g/mol. The molecule has 0 radical (unpaired) electrons. The van der Waals surface area contributed by atoms with Gasteiger partial charge in [0, 0.05) is 19.7 Å². The molecule has 0 aromatic carbocycles. The van der Waals surface area contributed by atoms with Crippen LogP contribution in [0.3, 0.4) is 0 Å². The molecule has 3 nitrogen and oxygen atoms in total. The van der Waals surface area contributed by atoms with Crippen LogP contribution in [-0.2, 0) is 4.74 Å². The third kappa shape index (κ3) is 2.47. The van der Waals surface area contributed by atoms with Gasteiger partial charge in [-0.15, -0.1) is 0 Å². The average molecular weight is 199 g/mol. The van der Waals surface area contributed by atoms with Gasteiger partial charge in [0.25, 0.3) is 0 Å². The highest BCUT2D eigenvalue weighted by Crippen LogP contribution is 2.20. The van der Waals surface area contributed by atoms with Crippen LogP contribution < -0.4 is 0 Å². The molecule has 2 heterocycles. The molecule has 0 bridgehead atoms. The fourth-order valence-corrected chi connectivity index (χ4v) is 2.37. The van der Waals surface area contributed by atoms with Crippen LogP contribution in [0.1, 0.15) is 19.8 Å². The number of nitrogens with zero attached hydrogens (tertiary/aromatic N) is 1. The maximum Gasteiger partial charge on any atom is 0.0693 e. The third-order valence-electron chi connectivity index (χ3n) is 3.54. The summed E-state index contributed by atoms with van der Waals surface area (Å²) in [7, 11) is 0. The molecule has 82 valence electrons. The predicted octanol–water partition coefficient (Wildman–Crippen LogP) is 0.726. The van der Waals surface area contributed by atoms with Gasteiger partial charge in [-0.1, -0.05) is 6.92 Å². The standard InChI is InChI=1S/C11H21NO2/c1-9-2-4-12(7-11(9)13)6-10-3-5-14-8-10/h9-11,13H,2-8H2,1H3. The van der Waals surface area contributed by atoms with Crippen LogP contribution >= 0.6 is 0 Å². The molecular formula is C11H21NO2. The van der Waals surface area contributed by atoms with E-state index in [1.54, 1.807) is 0 Å². The number of β-amino-alcohol motifs (C(OH)–C–C–N with tert-alkyl or cyclic N) is 1. The van der Waals surface area contributed by atoms with Gasteiger partial charge in [-0.2, -0.15) is 0 Å². The van der Waals surface area contributed by atoms with E-state index in [-0.39, 0.29) is 6.10 Å². The van der Waals surface area contributed by atoms with Crippen molar-refractivity contribution in [2.75, 3.05) is 32.8 Å². The largest absolute Gasteiger partial charge is 0.392 e. The summed E-state index contributed by atoms with van der Waals surface area (Å²) in [4.78, 5) is 2.39. The maximum atomic E-state index is 9.75.